The smallest absolute Gasteiger partial charge is 0.326 e. The van der Waals surface area contributed by atoms with E-state index in [1.807, 2.05) is 0 Å². The van der Waals surface area contributed by atoms with Crippen molar-refractivity contribution in [2.75, 3.05) is 0 Å². The predicted octanol–water partition coefficient (Wildman–Crippen LogP) is 1.51. The van der Waals surface area contributed by atoms with Gasteiger partial charge in [0.05, 0.1) is 5.02 Å². The molecule has 1 aromatic heterocycles. The van der Waals surface area contributed by atoms with Crippen molar-refractivity contribution in [1.29, 1.82) is 0 Å². The molecular formula is C10H13ClN2O3. The summed E-state index contributed by atoms with van der Waals surface area (Å²) in [6.07, 6.45) is 1.46. The number of carbonyl (C=O) groups is 2. The molecule has 1 atom stereocenters. The largest absolute Gasteiger partial charge is 0.480 e. The first-order valence-corrected chi connectivity index (χ1v) is 5.17. The summed E-state index contributed by atoms with van der Waals surface area (Å²) in [6.45, 7) is 3.45. The number of carboxylic acids is 1. The van der Waals surface area contributed by atoms with Gasteiger partial charge in [-0.1, -0.05) is 25.4 Å². The first-order chi connectivity index (χ1) is 7.41. The van der Waals surface area contributed by atoms with Crippen molar-refractivity contribution in [1.82, 2.24) is 10.3 Å². The van der Waals surface area contributed by atoms with Gasteiger partial charge in [-0.3, -0.25) is 4.79 Å². The first kappa shape index (κ1) is 12.6. The zero-order valence-corrected chi connectivity index (χ0v) is 9.71. The van der Waals surface area contributed by atoms with E-state index in [0.29, 0.717) is 5.02 Å². The highest BCUT2D eigenvalue weighted by molar-refractivity contribution is 6.30. The molecule has 0 spiro atoms. The molecule has 0 bridgehead atoms. The second-order valence-electron chi connectivity index (χ2n) is 3.76. The molecule has 5 nitrogen and oxygen atoms in total. The lowest BCUT2D eigenvalue weighted by molar-refractivity contribution is -0.140. The van der Waals surface area contributed by atoms with E-state index in [1.54, 1.807) is 13.8 Å². The average molecular weight is 245 g/mol. The minimum atomic E-state index is -1.05. The molecule has 1 amide bonds. The van der Waals surface area contributed by atoms with Gasteiger partial charge in [0.1, 0.15) is 11.7 Å². The lowest BCUT2D eigenvalue weighted by atomic mass is 10.0. The van der Waals surface area contributed by atoms with Gasteiger partial charge in [-0.25, -0.2) is 4.79 Å². The minimum absolute atomic E-state index is 0.188. The molecule has 0 saturated heterocycles. The molecular weight excluding hydrogens is 232 g/mol. The number of aromatic amines is 1. The van der Waals surface area contributed by atoms with Gasteiger partial charge in [0.2, 0.25) is 0 Å². The zero-order valence-electron chi connectivity index (χ0n) is 8.95. The standard InChI is InChI=1S/C10H13ClN2O3/c1-5(2)8(10(15)16)13-9(14)7-3-6(11)4-12-7/h3-5,8,12H,1-2H3,(H,13,14)(H,15,16). The number of carbonyl (C=O) groups excluding carboxylic acids is 1. The van der Waals surface area contributed by atoms with Gasteiger partial charge < -0.3 is 15.4 Å². The number of hydrogen-bond acceptors (Lipinski definition) is 2. The highest BCUT2D eigenvalue weighted by Crippen LogP contribution is 2.10. The SMILES string of the molecule is CC(C)C(NC(=O)c1cc(Cl)c[nH]1)C(=O)O. The van der Waals surface area contributed by atoms with E-state index in [2.05, 4.69) is 10.3 Å². The van der Waals surface area contributed by atoms with Crippen molar-refractivity contribution in [3.63, 3.8) is 0 Å². The molecule has 0 radical (unpaired) electrons. The molecule has 0 aliphatic heterocycles. The van der Waals surface area contributed by atoms with Crippen LogP contribution in [0.3, 0.4) is 0 Å². The number of aromatic nitrogens is 1. The predicted molar refractivity (Wildman–Crippen MR) is 59.5 cm³/mol. The quantitative estimate of drug-likeness (QED) is 0.751. The van der Waals surface area contributed by atoms with Gasteiger partial charge in [0.15, 0.2) is 0 Å². The van der Waals surface area contributed by atoms with Gasteiger partial charge in [-0.05, 0) is 12.0 Å². The van der Waals surface area contributed by atoms with Gasteiger partial charge in [0, 0.05) is 6.20 Å². The molecule has 88 valence electrons. The topological polar surface area (TPSA) is 82.2 Å². The molecule has 1 rings (SSSR count). The Kier molecular flexibility index (Phi) is 3.95. The Hall–Kier alpha value is -1.49. The van der Waals surface area contributed by atoms with Crippen LogP contribution in [0.1, 0.15) is 24.3 Å². The van der Waals surface area contributed by atoms with E-state index in [1.165, 1.54) is 12.3 Å². The summed E-state index contributed by atoms with van der Waals surface area (Å²) in [7, 11) is 0. The molecule has 6 heteroatoms. The van der Waals surface area contributed by atoms with Crippen LogP contribution in [-0.4, -0.2) is 28.0 Å². The minimum Gasteiger partial charge on any atom is -0.480 e. The molecule has 1 heterocycles. The van der Waals surface area contributed by atoms with Crippen molar-refractivity contribution in [2.24, 2.45) is 5.92 Å². The Bertz CT molecular complexity index is 401. The molecule has 0 fully saturated rings. The number of nitrogens with one attached hydrogen (secondary N) is 2. The van der Waals surface area contributed by atoms with Crippen molar-refractivity contribution < 1.29 is 14.7 Å². The first-order valence-electron chi connectivity index (χ1n) is 4.79. The summed E-state index contributed by atoms with van der Waals surface area (Å²) in [4.78, 5) is 25.1. The van der Waals surface area contributed by atoms with E-state index in [9.17, 15) is 9.59 Å². The van der Waals surface area contributed by atoms with Gasteiger partial charge in [-0.2, -0.15) is 0 Å². The van der Waals surface area contributed by atoms with Crippen LogP contribution in [-0.2, 0) is 4.79 Å². The van der Waals surface area contributed by atoms with E-state index < -0.39 is 17.9 Å². The van der Waals surface area contributed by atoms with Crippen LogP contribution in [0.5, 0.6) is 0 Å². The fourth-order valence-corrected chi connectivity index (χ4v) is 1.40. The maximum atomic E-state index is 11.6. The number of amides is 1. The summed E-state index contributed by atoms with van der Waals surface area (Å²) >= 11 is 5.64. The van der Waals surface area contributed by atoms with Crippen LogP contribution < -0.4 is 5.32 Å². The molecule has 0 aromatic carbocycles. The fraction of sp³-hybridized carbons (Fsp3) is 0.400. The third kappa shape index (κ3) is 3.00. The van der Waals surface area contributed by atoms with Crippen LogP contribution in [0.2, 0.25) is 5.02 Å². The van der Waals surface area contributed by atoms with E-state index in [0.717, 1.165) is 0 Å². The Morgan fingerprint density at radius 3 is 2.50 bits per heavy atom. The monoisotopic (exact) mass is 244 g/mol. The summed E-state index contributed by atoms with van der Waals surface area (Å²) in [5, 5.41) is 11.7. The van der Waals surface area contributed by atoms with Gasteiger partial charge in [0.25, 0.3) is 5.91 Å². The number of H-pyrrole nitrogens is 1. The van der Waals surface area contributed by atoms with E-state index >= 15 is 0 Å². The molecule has 0 aliphatic rings. The third-order valence-electron chi connectivity index (χ3n) is 2.11. The lowest BCUT2D eigenvalue weighted by Crippen LogP contribution is -2.44. The molecule has 0 aliphatic carbocycles. The highest BCUT2D eigenvalue weighted by atomic mass is 35.5. The maximum Gasteiger partial charge on any atom is 0.326 e. The molecule has 1 aromatic rings. The number of rotatable bonds is 4. The molecule has 1 unspecified atom stereocenters. The maximum absolute atomic E-state index is 11.6. The van der Waals surface area contributed by atoms with Crippen LogP contribution in [0.4, 0.5) is 0 Å². The Balaban J connectivity index is 2.73. The Labute approximate surface area is 97.8 Å². The normalized spacial score (nSPS) is 12.5. The average Bonchev–Trinajstić information content (AvgIpc) is 2.59. The summed E-state index contributed by atoms with van der Waals surface area (Å²) in [5.74, 6) is -1.72. The van der Waals surface area contributed by atoms with Crippen molar-refractivity contribution in [3.05, 3.63) is 23.0 Å². The fourth-order valence-electron chi connectivity index (χ4n) is 1.23. The van der Waals surface area contributed by atoms with Crippen LogP contribution in [0, 0.1) is 5.92 Å². The van der Waals surface area contributed by atoms with Crippen LogP contribution in [0.25, 0.3) is 0 Å². The third-order valence-corrected chi connectivity index (χ3v) is 2.33. The van der Waals surface area contributed by atoms with Crippen molar-refractivity contribution in [3.8, 4) is 0 Å². The Morgan fingerprint density at radius 2 is 2.12 bits per heavy atom. The van der Waals surface area contributed by atoms with Gasteiger partial charge >= 0.3 is 5.97 Å². The zero-order chi connectivity index (χ0) is 12.3. The molecule has 3 N–H and O–H groups in total. The van der Waals surface area contributed by atoms with Crippen molar-refractivity contribution >= 4 is 23.5 Å². The second-order valence-corrected chi connectivity index (χ2v) is 4.20. The highest BCUT2D eigenvalue weighted by Gasteiger charge is 2.24. The molecule has 0 saturated carbocycles. The number of aliphatic carboxylic acids is 1. The van der Waals surface area contributed by atoms with Crippen molar-refractivity contribution in [2.45, 2.75) is 19.9 Å². The number of hydrogen-bond donors (Lipinski definition) is 3. The van der Waals surface area contributed by atoms with Crippen LogP contribution in [0.15, 0.2) is 12.3 Å². The summed E-state index contributed by atoms with van der Waals surface area (Å²) in [6, 6.07) is 0.533. The summed E-state index contributed by atoms with van der Waals surface area (Å²) < 4.78 is 0. The van der Waals surface area contributed by atoms with Crippen LogP contribution >= 0.6 is 11.6 Å². The van der Waals surface area contributed by atoms with E-state index in [-0.39, 0.29) is 11.6 Å². The molecule has 16 heavy (non-hydrogen) atoms. The Morgan fingerprint density at radius 1 is 1.50 bits per heavy atom. The lowest BCUT2D eigenvalue weighted by Gasteiger charge is -2.17. The van der Waals surface area contributed by atoms with E-state index in [4.69, 9.17) is 16.7 Å². The summed E-state index contributed by atoms with van der Waals surface area (Å²) in [5.41, 5.74) is 0.247. The number of carboxylic acid groups (broad SMARTS) is 1. The second kappa shape index (κ2) is 5.03. The van der Waals surface area contributed by atoms with Gasteiger partial charge in [-0.15, -0.1) is 0 Å². The number of halogens is 1.